The van der Waals surface area contributed by atoms with Crippen molar-refractivity contribution < 1.29 is 14.3 Å². The highest BCUT2D eigenvalue weighted by atomic mass is 16.5. The summed E-state index contributed by atoms with van der Waals surface area (Å²) in [4.78, 5) is 16.1. The number of hydrogen-bond acceptors (Lipinski definition) is 5. The van der Waals surface area contributed by atoms with Crippen LogP contribution < -0.4 is 20.5 Å². The molecule has 3 rings (SSSR count). The summed E-state index contributed by atoms with van der Waals surface area (Å²) in [5.41, 5.74) is 6.49. The number of carbonyl (C=O) groups is 1. The Morgan fingerprint density at radius 1 is 1.29 bits per heavy atom. The monoisotopic (exact) mass is 329 g/mol. The van der Waals surface area contributed by atoms with Gasteiger partial charge in [0, 0.05) is 11.6 Å². The summed E-state index contributed by atoms with van der Waals surface area (Å²) in [5.74, 6) is 0.698. The third-order valence-electron chi connectivity index (χ3n) is 4.01. The first-order valence-corrected chi connectivity index (χ1v) is 8.31. The molecule has 1 saturated heterocycles. The Balaban J connectivity index is 2.02. The van der Waals surface area contributed by atoms with Gasteiger partial charge in [-0.3, -0.25) is 9.78 Å². The van der Waals surface area contributed by atoms with E-state index in [4.69, 9.17) is 15.2 Å². The molecule has 0 aliphatic carbocycles. The Hall–Kier alpha value is -2.34. The zero-order chi connectivity index (χ0) is 17.1. The first-order chi connectivity index (χ1) is 11.5. The predicted molar refractivity (Wildman–Crippen MR) is 92.5 cm³/mol. The third kappa shape index (κ3) is 3.59. The van der Waals surface area contributed by atoms with Gasteiger partial charge >= 0.3 is 0 Å². The Kier molecular flexibility index (Phi) is 4.85. The summed E-state index contributed by atoms with van der Waals surface area (Å²) >= 11 is 0. The van der Waals surface area contributed by atoms with Crippen LogP contribution in [0, 0.1) is 0 Å². The number of benzene rings is 1. The normalized spacial score (nSPS) is 15.6. The van der Waals surface area contributed by atoms with Crippen LogP contribution in [0.3, 0.4) is 0 Å². The van der Waals surface area contributed by atoms with Gasteiger partial charge in [0.25, 0.3) is 5.91 Å². The number of nitrogens with two attached hydrogens (primary N) is 1. The van der Waals surface area contributed by atoms with Crippen molar-refractivity contribution in [1.29, 1.82) is 0 Å². The summed E-state index contributed by atoms with van der Waals surface area (Å²) in [6.45, 7) is 5.73. The highest BCUT2D eigenvalue weighted by Crippen LogP contribution is 2.32. The van der Waals surface area contributed by atoms with E-state index in [1.54, 1.807) is 18.3 Å². The molecule has 1 aliphatic rings. The fourth-order valence-electron chi connectivity index (χ4n) is 2.89. The molecule has 6 heteroatoms. The molecule has 0 spiro atoms. The quantitative estimate of drug-likeness (QED) is 0.878. The van der Waals surface area contributed by atoms with E-state index >= 15 is 0 Å². The lowest BCUT2D eigenvalue weighted by molar-refractivity contribution is 0.0994. The number of piperidine rings is 1. The number of aromatic nitrogens is 1. The zero-order valence-corrected chi connectivity index (χ0v) is 14.0. The van der Waals surface area contributed by atoms with Gasteiger partial charge < -0.3 is 20.5 Å². The zero-order valence-electron chi connectivity index (χ0n) is 14.0. The van der Waals surface area contributed by atoms with Gasteiger partial charge in [-0.2, -0.15) is 0 Å². The van der Waals surface area contributed by atoms with Gasteiger partial charge in [0.05, 0.1) is 17.2 Å². The standard InChI is InChI=1S/C18H23N3O3/c1-11(2)23-17-10-13-15(9-14(17)18(19)22)21-8-5-16(13)24-12-3-6-20-7-4-12/h5,8-12,20H,3-4,6-7H2,1-2H3,(H2,19,22). The van der Waals surface area contributed by atoms with Crippen molar-refractivity contribution in [2.24, 2.45) is 5.73 Å². The van der Waals surface area contributed by atoms with E-state index in [0.29, 0.717) is 16.8 Å². The van der Waals surface area contributed by atoms with E-state index in [2.05, 4.69) is 10.3 Å². The molecule has 1 aliphatic heterocycles. The van der Waals surface area contributed by atoms with Crippen LogP contribution in [0.15, 0.2) is 24.4 Å². The molecule has 2 heterocycles. The molecule has 1 fully saturated rings. The van der Waals surface area contributed by atoms with Crippen molar-refractivity contribution >= 4 is 16.8 Å². The Morgan fingerprint density at radius 2 is 2.04 bits per heavy atom. The minimum atomic E-state index is -0.529. The average Bonchev–Trinajstić information content (AvgIpc) is 2.55. The number of amides is 1. The summed E-state index contributed by atoms with van der Waals surface area (Å²) in [7, 11) is 0. The summed E-state index contributed by atoms with van der Waals surface area (Å²) < 4.78 is 11.9. The number of rotatable bonds is 5. The van der Waals surface area contributed by atoms with Gasteiger partial charge in [-0.1, -0.05) is 0 Å². The number of pyridine rings is 1. The van der Waals surface area contributed by atoms with Crippen LogP contribution in [-0.2, 0) is 0 Å². The Morgan fingerprint density at radius 3 is 2.71 bits per heavy atom. The molecule has 3 N–H and O–H groups in total. The fraction of sp³-hybridized carbons (Fsp3) is 0.444. The minimum Gasteiger partial charge on any atom is -0.490 e. The van der Waals surface area contributed by atoms with Gasteiger partial charge in [-0.15, -0.1) is 0 Å². The van der Waals surface area contributed by atoms with Crippen LogP contribution in [0.25, 0.3) is 10.9 Å². The molecule has 0 radical (unpaired) electrons. The lowest BCUT2D eigenvalue weighted by Gasteiger charge is -2.24. The molecule has 0 atom stereocenters. The number of nitrogens with zero attached hydrogens (tertiary/aromatic N) is 1. The lowest BCUT2D eigenvalue weighted by Crippen LogP contribution is -2.34. The molecule has 0 bridgehead atoms. The second-order valence-corrected chi connectivity index (χ2v) is 6.27. The number of carbonyl (C=O) groups excluding carboxylic acids is 1. The molecular weight excluding hydrogens is 306 g/mol. The highest BCUT2D eigenvalue weighted by molar-refractivity contribution is 6.01. The first kappa shape index (κ1) is 16.5. The van der Waals surface area contributed by atoms with E-state index in [9.17, 15) is 4.79 Å². The smallest absolute Gasteiger partial charge is 0.252 e. The van der Waals surface area contributed by atoms with Gasteiger partial charge in [-0.25, -0.2) is 0 Å². The summed E-state index contributed by atoms with van der Waals surface area (Å²) in [5, 5.41) is 4.15. The average molecular weight is 329 g/mol. The number of primary amides is 1. The van der Waals surface area contributed by atoms with E-state index in [1.165, 1.54) is 0 Å². The van der Waals surface area contributed by atoms with Crippen LogP contribution in [0.1, 0.15) is 37.0 Å². The molecule has 128 valence electrons. The maximum absolute atomic E-state index is 11.7. The number of nitrogens with one attached hydrogen (secondary N) is 1. The van der Waals surface area contributed by atoms with Crippen molar-refractivity contribution in [3.63, 3.8) is 0 Å². The van der Waals surface area contributed by atoms with Crippen molar-refractivity contribution in [2.45, 2.75) is 38.9 Å². The van der Waals surface area contributed by atoms with Crippen LogP contribution in [-0.4, -0.2) is 36.2 Å². The maximum atomic E-state index is 11.7. The molecule has 1 amide bonds. The number of fused-ring (bicyclic) bond motifs is 1. The van der Waals surface area contributed by atoms with Crippen LogP contribution in [0.5, 0.6) is 11.5 Å². The van der Waals surface area contributed by atoms with Gasteiger partial charge in [-0.05, 0) is 58.0 Å². The molecule has 0 saturated carbocycles. The Bertz CT molecular complexity index is 740. The van der Waals surface area contributed by atoms with Crippen LogP contribution >= 0.6 is 0 Å². The van der Waals surface area contributed by atoms with E-state index < -0.39 is 5.91 Å². The summed E-state index contributed by atoms with van der Waals surface area (Å²) in [6, 6.07) is 5.33. The molecule has 6 nitrogen and oxygen atoms in total. The summed E-state index contributed by atoms with van der Waals surface area (Å²) in [6.07, 6.45) is 3.75. The molecule has 1 aromatic carbocycles. The van der Waals surface area contributed by atoms with Gasteiger partial charge in [0.15, 0.2) is 0 Å². The topological polar surface area (TPSA) is 86.5 Å². The minimum absolute atomic E-state index is 0.0639. The molecule has 2 aromatic rings. The molecule has 0 unspecified atom stereocenters. The second kappa shape index (κ2) is 7.05. The van der Waals surface area contributed by atoms with Crippen molar-refractivity contribution in [1.82, 2.24) is 10.3 Å². The fourth-order valence-corrected chi connectivity index (χ4v) is 2.89. The largest absolute Gasteiger partial charge is 0.490 e. The SMILES string of the molecule is CC(C)Oc1cc2c(OC3CCNCC3)ccnc2cc1C(N)=O. The van der Waals surface area contributed by atoms with E-state index in [1.807, 2.05) is 19.9 Å². The van der Waals surface area contributed by atoms with E-state index in [0.717, 1.165) is 37.1 Å². The predicted octanol–water partition coefficient (Wildman–Crippen LogP) is 2.25. The van der Waals surface area contributed by atoms with Gasteiger partial charge in [0.1, 0.15) is 17.6 Å². The third-order valence-corrected chi connectivity index (χ3v) is 4.01. The lowest BCUT2D eigenvalue weighted by atomic mass is 10.1. The molecular formula is C18H23N3O3. The molecule has 24 heavy (non-hydrogen) atoms. The molecule has 1 aromatic heterocycles. The van der Waals surface area contributed by atoms with Gasteiger partial charge in [0.2, 0.25) is 0 Å². The Labute approximate surface area is 141 Å². The number of ether oxygens (including phenoxy) is 2. The van der Waals surface area contributed by atoms with Crippen LogP contribution in [0.4, 0.5) is 0 Å². The van der Waals surface area contributed by atoms with Crippen molar-refractivity contribution in [2.75, 3.05) is 13.1 Å². The van der Waals surface area contributed by atoms with Crippen molar-refractivity contribution in [3.05, 3.63) is 30.0 Å². The first-order valence-electron chi connectivity index (χ1n) is 8.31. The van der Waals surface area contributed by atoms with E-state index in [-0.39, 0.29) is 12.2 Å². The number of hydrogen-bond donors (Lipinski definition) is 2. The second-order valence-electron chi connectivity index (χ2n) is 6.27. The van der Waals surface area contributed by atoms with Crippen LogP contribution in [0.2, 0.25) is 0 Å². The van der Waals surface area contributed by atoms with Crippen molar-refractivity contribution in [3.8, 4) is 11.5 Å². The highest BCUT2D eigenvalue weighted by Gasteiger charge is 2.18. The maximum Gasteiger partial charge on any atom is 0.252 e.